The Kier molecular flexibility index (Phi) is 2.26. The second kappa shape index (κ2) is 3.31. The highest BCUT2D eigenvalue weighted by atomic mass is 19.3. The van der Waals surface area contributed by atoms with Crippen molar-refractivity contribution in [2.75, 3.05) is 6.54 Å². The first-order valence-corrected chi connectivity index (χ1v) is 4.65. The quantitative estimate of drug-likeness (QED) is 0.803. The molecule has 78 valence electrons. The van der Waals surface area contributed by atoms with Gasteiger partial charge in [0.05, 0.1) is 0 Å². The van der Waals surface area contributed by atoms with Crippen molar-refractivity contribution >= 4 is 0 Å². The van der Waals surface area contributed by atoms with Crippen molar-refractivity contribution in [2.24, 2.45) is 18.7 Å². The molecule has 0 saturated heterocycles. The molecule has 1 heterocycles. The van der Waals surface area contributed by atoms with E-state index < -0.39 is 6.43 Å². The summed E-state index contributed by atoms with van der Waals surface area (Å²) in [5.74, 6) is 0.578. The molecule has 2 N–H and O–H groups in total. The van der Waals surface area contributed by atoms with E-state index in [2.05, 4.69) is 5.10 Å². The van der Waals surface area contributed by atoms with Crippen molar-refractivity contribution in [3.63, 3.8) is 0 Å². The molecule has 0 radical (unpaired) electrons. The minimum Gasteiger partial charge on any atom is -0.330 e. The molecule has 1 aromatic rings. The van der Waals surface area contributed by atoms with Crippen LogP contribution < -0.4 is 5.73 Å². The van der Waals surface area contributed by atoms with Crippen LogP contribution in [-0.2, 0) is 7.05 Å². The molecule has 3 nitrogen and oxygen atoms in total. The molecule has 5 heteroatoms. The fourth-order valence-corrected chi connectivity index (χ4v) is 1.87. The van der Waals surface area contributed by atoms with Crippen LogP contribution in [0, 0.1) is 5.92 Å². The van der Waals surface area contributed by atoms with Crippen molar-refractivity contribution in [1.82, 2.24) is 9.78 Å². The van der Waals surface area contributed by atoms with Gasteiger partial charge in [-0.05, 0) is 24.8 Å². The minimum absolute atomic E-state index is 0.0755. The summed E-state index contributed by atoms with van der Waals surface area (Å²) in [5, 5.41) is 3.77. The van der Waals surface area contributed by atoms with Crippen molar-refractivity contribution in [2.45, 2.75) is 18.8 Å². The van der Waals surface area contributed by atoms with Crippen molar-refractivity contribution in [3.8, 4) is 0 Å². The Morgan fingerprint density at radius 1 is 1.71 bits per heavy atom. The largest absolute Gasteiger partial charge is 0.330 e. The summed E-state index contributed by atoms with van der Waals surface area (Å²) in [6, 6.07) is 0. The van der Waals surface area contributed by atoms with E-state index in [1.165, 1.54) is 4.68 Å². The summed E-state index contributed by atoms with van der Waals surface area (Å²) in [4.78, 5) is 0. The van der Waals surface area contributed by atoms with Gasteiger partial charge in [0.2, 0.25) is 0 Å². The van der Waals surface area contributed by atoms with E-state index in [9.17, 15) is 8.78 Å². The molecule has 0 bridgehead atoms. The van der Waals surface area contributed by atoms with Crippen molar-refractivity contribution in [1.29, 1.82) is 0 Å². The third-order valence-electron chi connectivity index (χ3n) is 2.72. The first-order valence-electron chi connectivity index (χ1n) is 4.65. The Hall–Kier alpha value is -0.970. The van der Waals surface area contributed by atoms with Crippen LogP contribution in [0.4, 0.5) is 8.78 Å². The van der Waals surface area contributed by atoms with E-state index in [4.69, 9.17) is 5.73 Å². The number of nitrogens with zero attached hydrogens (tertiary/aromatic N) is 2. The molecule has 0 spiro atoms. The van der Waals surface area contributed by atoms with Gasteiger partial charge in [-0.2, -0.15) is 5.10 Å². The second-order valence-electron chi connectivity index (χ2n) is 3.78. The zero-order valence-corrected chi connectivity index (χ0v) is 7.95. The number of aryl methyl sites for hydroxylation is 1. The van der Waals surface area contributed by atoms with Gasteiger partial charge in [-0.1, -0.05) is 0 Å². The number of aromatic nitrogens is 2. The topological polar surface area (TPSA) is 43.8 Å². The van der Waals surface area contributed by atoms with Gasteiger partial charge in [0, 0.05) is 18.8 Å². The van der Waals surface area contributed by atoms with E-state index in [0.29, 0.717) is 18.0 Å². The van der Waals surface area contributed by atoms with Gasteiger partial charge in [-0.3, -0.25) is 4.68 Å². The Balaban J connectivity index is 2.24. The lowest BCUT2D eigenvalue weighted by molar-refractivity contribution is 0.144. The zero-order valence-electron chi connectivity index (χ0n) is 7.95. The maximum absolute atomic E-state index is 12.6. The third-order valence-corrected chi connectivity index (χ3v) is 2.72. The van der Waals surface area contributed by atoms with Crippen LogP contribution >= 0.6 is 0 Å². The van der Waals surface area contributed by atoms with Gasteiger partial charge >= 0.3 is 0 Å². The Morgan fingerprint density at radius 2 is 2.43 bits per heavy atom. The van der Waals surface area contributed by atoms with Crippen molar-refractivity contribution < 1.29 is 8.78 Å². The molecule has 0 aliphatic heterocycles. The molecule has 1 saturated carbocycles. The van der Waals surface area contributed by atoms with Crippen LogP contribution in [0.1, 0.15) is 30.0 Å². The summed E-state index contributed by atoms with van der Waals surface area (Å²) in [6.07, 6.45) is 0.120. The average Bonchev–Trinajstić information content (AvgIpc) is 2.81. The molecule has 0 aromatic carbocycles. The Morgan fingerprint density at radius 3 is 2.93 bits per heavy atom. The number of hydrogen-bond donors (Lipinski definition) is 1. The Labute approximate surface area is 80.9 Å². The summed E-state index contributed by atoms with van der Waals surface area (Å²) in [5.41, 5.74) is 6.08. The third kappa shape index (κ3) is 1.52. The smallest absolute Gasteiger partial charge is 0.282 e. The van der Waals surface area contributed by atoms with Crippen LogP contribution in [0.2, 0.25) is 0 Å². The van der Waals surface area contributed by atoms with Gasteiger partial charge in [0.25, 0.3) is 6.43 Å². The van der Waals surface area contributed by atoms with E-state index in [0.717, 1.165) is 6.42 Å². The highest BCUT2D eigenvalue weighted by Gasteiger charge is 2.40. The number of halogens is 2. The lowest BCUT2D eigenvalue weighted by Gasteiger charge is -1.98. The summed E-state index contributed by atoms with van der Waals surface area (Å²) >= 11 is 0. The number of rotatable bonds is 3. The lowest BCUT2D eigenvalue weighted by atomic mass is 10.1. The van der Waals surface area contributed by atoms with Crippen LogP contribution in [0.5, 0.6) is 0 Å². The van der Waals surface area contributed by atoms with Gasteiger partial charge in [-0.25, -0.2) is 8.78 Å². The molecule has 1 aliphatic carbocycles. The molecular formula is C9H13F2N3. The standard InChI is InChI=1S/C9H13F2N3/c1-14-4-7(6-2-5(6)3-12)8(13-14)9(10)11/h4-6,9H,2-3,12H2,1H3. The van der Waals surface area contributed by atoms with Gasteiger partial charge in [-0.15, -0.1) is 0 Å². The SMILES string of the molecule is Cn1cc(C2CC2CN)c(C(F)F)n1. The average molecular weight is 201 g/mol. The van der Waals surface area contributed by atoms with Crippen LogP contribution in [0.25, 0.3) is 0 Å². The molecule has 2 rings (SSSR count). The molecule has 2 atom stereocenters. The first-order chi connectivity index (χ1) is 6.63. The lowest BCUT2D eigenvalue weighted by Crippen LogP contribution is -2.02. The van der Waals surface area contributed by atoms with Gasteiger partial charge < -0.3 is 5.73 Å². The number of hydrogen-bond acceptors (Lipinski definition) is 2. The molecule has 2 unspecified atom stereocenters. The van der Waals surface area contributed by atoms with Crippen LogP contribution in [-0.4, -0.2) is 16.3 Å². The predicted octanol–water partition coefficient (Wildman–Crippen LogP) is 1.42. The molecule has 1 fully saturated rings. The maximum Gasteiger partial charge on any atom is 0.282 e. The number of alkyl halides is 2. The van der Waals surface area contributed by atoms with Gasteiger partial charge in [0.1, 0.15) is 5.69 Å². The monoisotopic (exact) mass is 201 g/mol. The second-order valence-corrected chi connectivity index (χ2v) is 3.78. The highest BCUT2D eigenvalue weighted by molar-refractivity contribution is 5.29. The van der Waals surface area contributed by atoms with E-state index in [-0.39, 0.29) is 11.6 Å². The highest BCUT2D eigenvalue weighted by Crippen LogP contribution is 2.48. The fraction of sp³-hybridized carbons (Fsp3) is 0.667. The molecule has 0 amide bonds. The van der Waals surface area contributed by atoms with E-state index in [1.54, 1.807) is 13.2 Å². The fourth-order valence-electron chi connectivity index (χ4n) is 1.87. The summed E-state index contributed by atoms with van der Waals surface area (Å²) in [7, 11) is 1.66. The molecule has 14 heavy (non-hydrogen) atoms. The van der Waals surface area contributed by atoms with E-state index in [1.807, 2.05) is 0 Å². The minimum atomic E-state index is -2.48. The normalized spacial score (nSPS) is 25.8. The first kappa shape index (κ1) is 9.58. The summed E-state index contributed by atoms with van der Waals surface area (Å²) in [6.45, 7) is 0.572. The predicted molar refractivity (Wildman–Crippen MR) is 48.1 cm³/mol. The maximum atomic E-state index is 12.6. The van der Waals surface area contributed by atoms with Crippen LogP contribution in [0.15, 0.2) is 6.20 Å². The Bertz CT molecular complexity index is 335. The molecule has 1 aliphatic rings. The zero-order chi connectivity index (χ0) is 10.3. The summed E-state index contributed by atoms with van der Waals surface area (Å²) < 4.78 is 26.6. The molecular weight excluding hydrogens is 188 g/mol. The van der Waals surface area contributed by atoms with Crippen molar-refractivity contribution in [3.05, 3.63) is 17.5 Å². The van der Waals surface area contributed by atoms with Gasteiger partial charge in [0.15, 0.2) is 0 Å². The number of nitrogens with two attached hydrogens (primary N) is 1. The van der Waals surface area contributed by atoms with E-state index >= 15 is 0 Å². The van der Waals surface area contributed by atoms with Crippen LogP contribution in [0.3, 0.4) is 0 Å². The molecule has 1 aromatic heterocycles.